The van der Waals surface area contributed by atoms with E-state index >= 15 is 0 Å². The Labute approximate surface area is 334 Å². The minimum Gasteiger partial charge on any atom is -0.307 e. The summed E-state index contributed by atoms with van der Waals surface area (Å²) in [4.78, 5) is 13.8. The molecule has 0 aliphatic rings. The van der Waals surface area contributed by atoms with E-state index in [2.05, 4.69) is 9.97 Å². The first-order valence-electron chi connectivity index (χ1n) is 28.3. The third-order valence-electron chi connectivity index (χ3n) is 8.17. The monoisotopic (exact) mass is 696 g/mol. The Morgan fingerprint density at radius 3 is 1.75 bits per heavy atom. The molecule has 0 aliphatic heterocycles. The number of para-hydroxylation sites is 3. The Hall–Kier alpha value is -6.63. The molecular weight excluding hydrogens is 643 g/mol. The van der Waals surface area contributed by atoms with Gasteiger partial charge >= 0.3 is 0 Å². The van der Waals surface area contributed by atoms with Crippen LogP contribution in [0.5, 0.6) is 0 Å². The first-order chi connectivity index (χ1) is 36.5. The molecule has 51 heavy (non-hydrogen) atoms. The third kappa shape index (κ3) is 4.17. The molecule has 0 radical (unpaired) electrons. The fourth-order valence-corrected chi connectivity index (χ4v) is 7.14. The standard InChI is InChI=1S/C45H27N5S/c1-3-14-28(15-4-1)43-46-44(35-21-13-25-39-40(35)34-20-9-12-24-38(34)51-39)48-45(47-43)50-37-23-11-8-19-31(37)33-27-26-32-30-18-7-10-22-36(30)49(41(32)42(33)50)29-16-5-2-6-17-29/h1-27H/i1D,2D,3D,4D,5D,6D,7D,8D,9D,10D,11D,12D,13D,14D,15D,16D,17D,18D,19D,20D,21D,22D,23D,24D,25D,26D,27D. The maximum absolute atomic E-state index is 9.68. The van der Waals surface area contributed by atoms with E-state index in [9.17, 15) is 12.3 Å². The topological polar surface area (TPSA) is 48.5 Å². The smallest absolute Gasteiger partial charge is 0.238 e. The highest BCUT2D eigenvalue weighted by Crippen LogP contribution is 2.43. The van der Waals surface area contributed by atoms with Crippen molar-refractivity contribution in [1.82, 2.24) is 24.1 Å². The van der Waals surface area contributed by atoms with Gasteiger partial charge < -0.3 is 4.57 Å². The van der Waals surface area contributed by atoms with Crippen LogP contribution < -0.4 is 0 Å². The van der Waals surface area contributed by atoms with E-state index in [0.717, 1.165) is 9.13 Å². The van der Waals surface area contributed by atoms with Gasteiger partial charge in [0.25, 0.3) is 0 Å². The van der Waals surface area contributed by atoms with Crippen molar-refractivity contribution in [1.29, 1.82) is 0 Å². The number of hydrogen-bond acceptors (Lipinski definition) is 4. The average Bonchev–Trinajstić information content (AvgIpc) is 4.28. The Balaban J connectivity index is 1.49. The Morgan fingerprint density at radius 2 is 1.00 bits per heavy atom. The van der Waals surface area contributed by atoms with Crippen molar-refractivity contribution in [3.63, 3.8) is 0 Å². The molecule has 5 nitrogen and oxygen atoms in total. The van der Waals surface area contributed by atoms with Crippen molar-refractivity contribution in [2.45, 2.75) is 0 Å². The van der Waals surface area contributed by atoms with E-state index in [1.165, 1.54) is 0 Å². The first kappa shape index (κ1) is 12.6. The molecule has 6 heteroatoms. The summed E-state index contributed by atoms with van der Waals surface area (Å²) < 4.78 is 243. The second kappa shape index (κ2) is 10.9. The lowest BCUT2D eigenvalue weighted by atomic mass is 10.1. The number of aromatic nitrogens is 5. The molecule has 0 unspecified atom stereocenters. The number of fused-ring (bicyclic) bond motifs is 10. The van der Waals surface area contributed by atoms with Crippen LogP contribution in [0.25, 0.3) is 98.2 Å². The largest absolute Gasteiger partial charge is 0.307 e. The van der Waals surface area contributed by atoms with Crippen molar-refractivity contribution in [3.8, 4) is 34.4 Å². The van der Waals surface area contributed by atoms with Crippen molar-refractivity contribution < 1.29 is 37.0 Å². The van der Waals surface area contributed by atoms with Crippen LogP contribution in [0, 0.1) is 0 Å². The number of nitrogens with zero attached hydrogens (tertiary/aromatic N) is 5. The van der Waals surface area contributed by atoms with E-state index in [1.54, 1.807) is 0 Å². The molecule has 0 N–H and O–H groups in total. The predicted molar refractivity (Wildman–Crippen MR) is 212 cm³/mol. The molecule has 4 heterocycles. The van der Waals surface area contributed by atoms with Gasteiger partial charge in [-0.3, -0.25) is 4.57 Å². The van der Waals surface area contributed by atoms with Crippen LogP contribution in [0.2, 0.25) is 0 Å². The molecule has 7 aromatic carbocycles. The third-order valence-corrected chi connectivity index (χ3v) is 9.19. The van der Waals surface area contributed by atoms with Crippen molar-refractivity contribution in [3.05, 3.63) is 163 Å². The highest BCUT2D eigenvalue weighted by atomic mass is 32.1. The van der Waals surface area contributed by atoms with Gasteiger partial charge in [-0.2, -0.15) is 9.97 Å². The SMILES string of the molecule is [2H]c1c([2H])c([2H])c(-c2nc(-c3c([2H])c([2H])c([2H])c4sc5c([2H])c([2H])c([2H])c([2H])c5c34)nc(-n3c4c([2H])c([2H])c([2H])c([2H])c4c4c([2H])c([2H])c5c6c([2H])c([2H])c([2H])c([2H])c6n(-c6c([2H])c([2H])c([2H])c([2H])c6[2H])c5c43)n2)c([2H])c1[2H]. The van der Waals surface area contributed by atoms with Crippen molar-refractivity contribution in [2.24, 2.45) is 0 Å². The summed E-state index contributed by atoms with van der Waals surface area (Å²) in [5.74, 6) is -2.51. The van der Waals surface area contributed by atoms with Crippen LogP contribution in [0.3, 0.4) is 0 Å². The van der Waals surface area contributed by atoms with Crippen LogP contribution in [-0.4, -0.2) is 24.1 Å². The molecule has 0 amide bonds. The zero-order valence-corrected chi connectivity index (χ0v) is 26.0. The van der Waals surface area contributed by atoms with E-state index in [4.69, 9.17) is 29.7 Å². The quantitative estimate of drug-likeness (QED) is 0.184. The molecule has 4 aromatic heterocycles. The maximum atomic E-state index is 9.68. The number of hydrogen-bond donors (Lipinski definition) is 0. The Kier molecular flexibility index (Phi) is 2.70. The lowest BCUT2D eigenvalue weighted by Gasteiger charge is -2.13. The molecule has 0 atom stereocenters. The van der Waals surface area contributed by atoms with Crippen LogP contribution in [0.4, 0.5) is 0 Å². The lowest BCUT2D eigenvalue weighted by molar-refractivity contribution is 0.954. The summed E-state index contributed by atoms with van der Waals surface area (Å²) in [6.45, 7) is 0. The fraction of sp³-hybridized carbons (Fsp3) is 0. The van der Waals surface area contributed by atoms with Gasteiger partial charge in [0.15, 0.2) is 11.6 Å². The molecule has 0 fully saturated rings. The van der Waals surface area contributed by atoms with Crippen molar-refractivity contribution >= 4 is 75.1 Å². The average molecular weight is 697 g/mol. The summed E-state index contributed by atoms with van der Waals surface area (Å²) in [6, 6.07) is -23.0. The van der Waals surface area contributed by atoms with Gasteiger partial charge in [-0.1, -0.05) is 127 Å². The highest BCUT2D eigenvalue weighted by Gasteiger charge is 2.24. The zero-order valence-electron chi connectivity index (χ0n) is 52.1. The van der Waals surface area contributed by atoms with Gasteiger partial charge in [0.2, 0.25) is 5.95 Å². The summed E-state index contributed by atoms with van der Waals surface area (Å²) in [5.41, 5.74) is -4.56. The predicted octanol–water partition coefficient (Wildman–Crippen LogP) is 11.8. The van der Waals surface area contributed by atoms with Gasteiger partial charge in [-0.05, 0) is 36.3 Å². The Bertz CT molecular complexity index is 4660. The second-order valence-corrected chi connectivity index (χ2v) is 11.9. The van der Waals surface area contributed by atoms with E-state index in [1.807, 2.05) is 0 Å². The van der Waals surface area contributed by atoms with E-state index in [0.29, 0.717) is 11.3 Å². The number of rotatable bonds is 4. The molecule has 0 saturated carbocycles. The van der Waals surface area contributed by atoms with Crippen LogP contribution in [0.15, 0.2) is 163 Å². The van der Waals surface area contributed by atoms with Crippen molar-refractivity contribution in [2.75, 3.05) is 0 Å². The molecule has 11 rings (SSSR count). The Morgan fingerprint density at radius 1 is 0.431 bits per heavy atom. The number of benzene rings is 7. The molecule has 0 saturated heterocycles. The van der Waals surface area contributed by atoms with Gasteiger partial charge in [-0.15, -0.1) is 11.3 Å². The molecule has 0 bridgehead atoms. The summed E-state index contributed by atoms with van der Waals surface area (Å²) in [5, 5.41) is -2.79. The van der Waals surface area contributed by atoms with Crippen LogP contribution in [0.1, 0.15) is 37.0 Å². The molecular formula is C45H27N5S. The normalized spacial score (nSPS) is 19.3. The summed E-state index contributed by atoms with van der Waals surface area (Å²) in [7, 11) is 0. The van der Waals surface area contributed by atoms with Crippen LogP contribution in [-0.2, 0) is 0 Å². The summed E-state index contributed by atoms with van der Waals surface area (Å²) >= 11 is 0.661. The van der Waals surface area contributed by atoms with Gasteiger partial charge in [0.1, 0.15) is 0 Å². The second-order valence-electron chi connectivity index (χ2n) is 10.8. The van der Waals surface area contributed by atoms with E-state index in [-0.39, 0.29) is 20.2 Å². The van der Waals surface area contributed by atoms with Gasteiger partial charge in [0.05, 0.1) is 59.1 Å². The minimum absolute atomic E-state index is 0.138. The minimum atomic E-state index is -0.961. The van der Waals surface area contributed by atoms with Gasteiger partial charge in [0, 0.05) is 58.5 Å². The molecule has 0 spiro atoms. The summed E-state index contributed by atoms with van der Waals surface area (Å²) in [6.07, 6.45) is 0. The van der Waals surface area contributed by atoms with E-state index < -0.39 is 241 Å². The maximum Gasteiger partial charge on any atom is 0.238 e. The van der Waals surface area contributed by atoms with Crippen LogP contribution >= 0.6 is 11.3 Å². The highest BCUT2D eigenvalue weighted by molar-refractivity contribution is 7.25. The number of thiophene rings is 1. The fourth-order valence-electron chi connectivity index (χ4n) is 6.17. The molecule has 11 aromatic rings. The lowest BCUT2D eigenvalue weighted by Crippen LogP contribution is -2.07. The first-order valence-corrected chi connectivity index (χ1v) is 15.7. The molecule has 238 valence electrons. The zero-order chi connectivity index (χ0) is 57.0. The van der Waals surface area contributed by atoms with Gasteiger partial charge in [-0.25, -0.2) is 4.98 Å². The molecule has 0 aliphatic carbocycles.